The Morgan fingerprint density at radius 3 is 1.91 bits per heavy atom. The van der Waals surface area contributed by atoms with Gasteiger partial charge in [0.1, 0.15) is 5.69 Å². The third-order valence-corrected chi connectivity index (χ3v) is 15.3. The lowest BCUT2D eigenvalue weighted by Gasteiger charge is -2.34. The number of unbranched alkanes of at least 4 members (excludes halogenated alkanes) is 8. The molecule has 4 heteroatoms. The van der Waals surface area contributed by atoms with Gasteiger partial charge in [-0.25, -0.2) is 0 Å². The lowest BCUT2D eigenvalue weighted by Crippen LogP contribution is -2.30. The zero-order chi connectivity index (χ0) is 46.1. The first kappa shape index (κ1) is 45.9. The summed E-state index contributed by atoms with van der Waals surface area (Å²) < 4.78 is 2.62. The Kier molecular flexibility index (Phi) is 13.3. The van der Waals surface area contributed by atoms with Gasteiger partial charge in [-0.05, 0) is 142 Å². The molecule has 344 valence electrons. The van der Waals surface area contributed by atoms with Gasteiger partial charge < -0.3 is 9.47 Å². The Balaban J connectivity index is 1.04. The smallest absolute Gasteiger partial charge is 0.154 e. The van der Waals surface area contributed by atoms with E-state index < -0.39 is 0 Å². The zero-order valence-corrected chi connectivity index (χ0v) is 41.6. The SMILES string of the molecule is CCCCCCC1(CCCCCC)c2cc(-c3ccc4c(c3)c3cc(C(C)(C)C)ccc3n4CCCCCN3C4=CC=CCC4N=C3c3ccccn3)ccc2-c2ccc(C(C)(C)C)cc21. The van der Waals surface area contributed by atoms with Gasteiger partial charge in [-0.1, -0.05) is 167 Å². The van der Waals surface area contributed by atoms with Gasteiger partial charge in [0.25, 0.3) is 0 Å². The van der Waals surface area contributed by atoms with Crippen LogP contribution in [0.15, 0.2) is 126 Å². The van der Waals surface area contributed by atoms with Gasteiger partial charge in [0.2, 0.25) is 0 Å². The molecular weight excluding hydrogens is 801 g/mol. The van der Waals surface area contributed by atoms with E-state index in [-0.39, 0.29) is 22.3 Å². The van der Waals surface area contributed by atoms with Crippen LogP contribution in [0.2, 0.25) is 0 Å². The van der Waals surface area contributed by atoms with Crippen molar-refractivity contribution in [1.82, 2.24) is 14.5 Å². The van der Waals surface area contributed by atoms with Crippen molar-refractivity contribution in [3.05, 3.63) is 149 Å². The van der Waals surface area contributed by atoms with E-state index in [2.05, 4.69) is 168 Å². The fourth-order valence-corrected chi connectivity index (χ4v) is 11.5. The number of hydrogen-bond acceptors (Lipinski definition) is 3. The maximum absolute atomic E-state index is 5.16. The van der Waals surface area contributed by atoms with Gasteiger partial charge in [0.05, 0.1) is 6.04 Å². The van der Waals surface area contributed by atoms with Crippen LogP contribution >= 0.6 is 0 Å². The van der Waals surface area contributed by atoms with Crippen molar-refractivity contribution in [2.45, 2.75) is 174 Å². The summed E-state index contributed by atoms with van der Waals surface area (Å²) in [5.41, 5.74) is 16.8. The number of rotatable bonds is 18. The standard InChI is InChI=1S/C62H76N4/c1-9-11-13-19-35-62(36-20-14-12-10-2)52-41-45(27-31-48(52)49-32-29-47(43-53(49)62)61(6,7)8)44-28-33-56-50(40-44)51-42-46(60(3,4)5)30-34-57(51)65(56)38-22-15-23-39-66-58-26-17-16-24-54(58)64-59(66)55-25-18-21-37-63-55/h16-18,21,25-34,37,40-43,54H,9-15,19-20,22-24,35-36,38-39H2,1-8H3. The van der Waals surface area contributed by atoms with Crippen molar-refractivity contribution < 1.29 is 0 Å². The molecule has 0 saturated heterocycles. The third-order valence-electron chi connectivity index (χ3n) is 15.3. The van der Waals surface area contributed by atoms with Crippen LogP contribution in [-0.4, -0.2) is 32.9 Å². The van der Waals surface area contributed by atoms with Crippen molar-refractivity contribution in [3.63, 3.8) is 0 Å². The number of fused-ring (bicyclic) bond motifs is 7. The lowest BCUT2D eigenvalue weighted by atomic mass is 9.69. The molecule has 1 atom stereocenters. The highest BCUT2D eigenvalue weighted by Gasteiger charge is 2.43. The lowest BCUT2D eigenvalue weighted by molar-refractivity contribution is 0.400. The number of nitrogens with zero attached hydrogens (tertiary/aromatic N) is 4. The van der Waals surface area contributed by atoms with E-state index in [4.69, 9.17) is 9.98 Å². The molecule has 1 unspecified atom stereocenters. The normalized spacial score (nSPS) is 16.5. The molecule has 6 aromatic rings. The van der Waals surface area contributed by atoms with E-state index in [9.17, 15) is 0 Å². The second-order valence-corrected chi connectivity index (χ2v) is 22.0. The van der Waals surface area contributed by atoms with Crippen LogP contribution in [0.5, 0.6) is 0 Å². The maximum atomic E-state index is 5.16. The van der Waals surface area contributed by atoms with Crippen LogP contribution in [0, 0.1) is 0 Å². The largest absolute Gasteiger partial charge is 0.340 e. The first-order valence-electron chi connectivity index (χ1n) is 25.9. The highest BCUT2D eigenvalue weighted by molar-refractivity contribution is 6.09. The first-order chi connectivity index (χ1) is 31.9. The Morgan fingerprint density at radius 2 is 1.21 bits per heavy atom. The highest BCUT2D eigenvalue weighted by Crippen LogP contribution is 2.56. The van der Waals surface area contributed by atoms with Crippen molar-refractivity contribution in [2.75, 3.05) is 6.54 Å². The van der Waals surface area contributed by atoms with Gasteiger partial charge in [0, 0.05) is 52.2 Å². The molecule has 0 fully saturated rings. The molecule has 0 saturated carbocycles. The van der Waals surface area contributed by atoms with Gasteiger partial charge in [-0.15, -0.1) is 0 Å². The summed E-state index contributed by atoms with van der Waals surface area (Å²) >= 11 is 0. The fraction of sp³-hybridized carbons (Fsp3) is 0.452. The highest BCUT2D eigenvalue weighted by atomic mass is 15.3. The summed E-state index contributed by atoms with van der Waals surface area (Å²) in [4.78, 5) is 12.3. The van der Waals surface area contributed by atoms with E-state index in [1.165, 1.54) is 125 Å². The zero-order valence-electron chi connectivity index (χ0n) is 41.6. The summed E-state index contributed by atoms with van der Waals surface area (Å²) in [6, 6.07) is 36.1. The Bertz CT molecular complexity index is 2750. The molecule has 0 spiro atoms. The Hall–Kier alpha value is -5.22. The quantitative estimate of drug-likeness (QED) is 0.0806. The van der Waals surface area contributed by atoms with Gasteiger partial charge in [0.15, 0.2) is 5.84 Å². The van der Waals surface area contributed by atoms with E-state index in [1.807, 2.05) is 12.3 Å². The second kappa shape index (κ2) is 19.2. The summed E-state index contributed by atoms with van der Waals surface area (Å²) in [5.74, 6) is 1.02. The maximum Gasteiger partial charge on any atom is 0.154 e. The van der Waals surface area contributed by atoms with Crippen molar-refractivity contribution in [1.29, 1.82) is 0 Å². The van der Waals surface area contributed by atoms with Gasteiger partial charge in [-0.3, -0.25) is 9.98 Å². The van der Waals surface area contributed by atoms with Gasteiger partial charge >= 0.3 is 0 Å². The summed E-state index contributed by atoms with van der Waals surface area (Å²) in [5, 5.41) is 2.74. The molecule has 2 aromatic heterocycles. The molecule has 4 nitrogen and oxygen atoms in total. The van der Waals surface area contributed by atoms with Crippen LogP contribution in [0.1, 0.15) is 173 Å². The van der Waals surface area contributed by atoms with Crippen LogP contribution in [0.25, 0.3) is 44.1 Å². The van der Waals surface area contributed by atoms with Crippen LogP contribution in [0.4, 0.5) is 0 Å². The molecule has 1 aliphatic heterocycles. The molecule has 0 N–H and O–H groups in total. The number of aryl methyl sites for hydroxylation is 1. The predicted molar refractivity (Wildman–Crippen MR) is 283 cm³/mol. The number of amidine groups is 1. The summed E-state index contributed by atoms with van der Waals surface area (Å²) in [6.07, 6.45) is 25.7. The fourth-order valence-electron chi connectivity index (χ4n) is 11.5. The molecule has 0 amide bonds. The first-order valence-corrected chi connectivity index (χ1v) is 25.9. The van der Waals surface area contributed by atoms with Crippen molar-refractivity contribution >= 4 is 27.6 Å². The van der Waals surface area contributed by atoms with Crippen LogP contribution in [-0.2, 0) is 22.8 Å². The molecule has 4 aromatic carbocycles. The summed E-state index contributed by atoms with van der Waals surface area (Å²) in [6.45, 7) is 20.8. The minimum Gasteiger partial charge on any atom is -0.340 e. The predicted octanol–water partition coefficient (Wildman–Crippen LogP) is 16.8. The molecule has 2 aliphatic carbocycles. The minimum atomic E-state index is 0.0405. The Morgan fingerprint density at radius 1 is 0.606 bits per heavy atom. The molecule has 0 radical (unpaired) electrons. The molecule has 0 bridgehead atoms. The summed E-state index contributed by atoms with van der Waals surface area (Å²) in [7, 11) is 0. The van der Waals surface area contributed by atoms with E-state index in [1.54, 1.807) is 11.1 Å². The van der Waals surface area contributed by atoms with Crippen LogP contribution < -0.4 is 0 Å². The van der Waals surface area contributed by atoms with Crippen LogP contribution in [0.3, 0.4) is 0 Å². The molecule has 66 heavy (non-hydrogen) atoms. The average Bonchev–Trinajstić information content (AvgIpc) is 3.94. The van der Waals surface area contributed by atoms with Gasteiger partial charge in [-0.2, -0.15) is 0 Å². The average molecular weight is 877 g/mol. The third kappa shape index (κ3) is 8.99. The molecule has 3 heterocycles. The number of hydrogen-bond donors (Lipinski definition) is 0. The van der Waals surface area contributed by atoms with E-state index in [0.717, 1.165) is 50.3 Å². The minimum absolute atomic E-state index is 0.0405. The molecular formula is C62H76N4. The van der Waals surface area contributed by atoms with Crippen molar-refractivity contribution in [2.24, 2.45) is 4.99 Å². The van der Waals surface area contributed by atoms with Crippen molar-refractivity contribution in [3.8, 4) is 22.3 Å². The number of aliphatic imine (C=N–C) groups is 1. The Labute approximate surface area is 397 Å². The number of pyridine rings is 1. The second-order valence-electron chi connectivity index (χ2n) is 22.0. The number of allylic oxidation sites excluding steroid dienone is 2. The molecule has 9 rings (SSSR count). The molecule has 3 aliphatic rings. The number of aromatic nitrogens is 2. The topological polar surface area (TPSA) is 33.4 Å². The van der Waals surface area contributed by atoms with E-state index in [0.29, 0.717) is 0 Å². The monoisotopic (exact) mass is 877 g/mol. The van der Waals surface area contributed by atoms with E-state index >= 15 is 0 Å². The number of benzene rings is 4.